The monoisotopic (exact) mass is 505 g/mol. The fourth-order valence-electron chi connectivity index (χ4n) is 3.74. The molecule has 1 aromatic carbocycles. The molecule has 8 nitrogen and oxygen atoms in total. The predicted molar refractivity (Wildman–Crippen MR) is 117 cm³/mol. The minimum atomic E-state index is -4.43. The van der Waals surface area contributed by atoms with Gasteiger partial charge in [-0.3, -0.25) is 9.59 Å². The number of carbonyl (C=O) groups excluding carboxylic acids is 2. The Morgan fingerprint density at radius 3 is 2.46 bits per heavy atom. The number of halogens is 3. The SMILES string of the molecule is O=C([O-])CNC(=O)c1c(O)c2c(n(Cc3ccc(-c4ccc(C(F)(F)F)cc4)[nH+]c3)c1=O)CSC2. The molecule has 0 saturated heterocycles. The van der Waals surface area contributed by atoms with E-state index in [0.29, 0.717) is 39.6 Å². The molecule has 0 fully saturated rings. The molecule has 4 rings (SSSR count). The third-order valence-corrected chi connectivity index (χ3v) is 6.47. The number of carboxylic acids is 1. The van der Waals surface area contributed by atoms with E-state index in [9.17, 15) is 37.8 Å². The molecule has 0 unspecified atom stereocenters. The zero-order valence-corrected chi connectivity index (χ0v) is 18.8. The lowest BCUT2D eigenvalue weighted by atomic mass is 10.1. The van der Waals surface area contributed by atoms with Gasteiger partial charge < -0.3 is 24.9 Å². The van der Waals surface area contributed by atoms with Gasteiger partial charge in [-0.25, -0.2) is 4.98 Å². The number of carbonyl (C=O) groups is 2. The van der Waals surface area contributed by atoms with Gasteiger partial charge in [-0.15, -0.1) is 0 Å². The highest BCUT2D eigenvalue weighted by Crippen LogP contribution is 2.36. The minimum absolute atomic E-state index is 0.0482. The summed E-state index contributed by atoms with van der Waals surface area (Å²) in [5, 5.41) is 23.2. The van der Waals surface area contributed by atoms with Gasteiger partial charge in [0.1, 0.15) is 11.3 Å². The Hall–Kier alpha value is -3.80. The molecule has 0 saturated carbocycles. The Bertz CT molecular complexity index is 1350. The molecule has 2 aromatic heterocycles. The average molecular weight is 505 g/mol. The molecule has 3 N–H and O–H groups in total. The van der Waals surface area contributed by atoms with Gasteiger partial charge in [0.25, 0.3) is 11.5 Å². The number of hydrogen-bond donors (Lipinski definition) is 2. The number of aliphatic carboxylic acids is 1. The Morgan fingerprint density at radius 1 is 1.14 bits per heavy atom. The van der Waals surface area contributed by atoms with Crippen molar-refractivity contribution in [3.05, 3.63) is 80.9 Å². The minimum Gasteiger partial charge on any atom is -0.548 e. The normalized spacial score (nSPS) is 12.9. The molecule has 0 aliphatic carbocycles. The van der Waals surface area contributed by atoms with Gasteiger partial charge in [-0.1, -0.05) is 0 Å². The molecule has 3 aromatic rings. The van der Waals surface area contributed by atoms with Crippen LogP contribution in [-0.2, 0) is 29.0 Å². The summed E-state index contributed by atoms with van der Waals surface area (Å²) in [6, 6.07) is 8.02. The molecule has 182 valence electrons. The third kappa shape index (κ3) is 5.02. The summed E-state index contributed by atoms with van der Waals surface area (Å²) in [4.78, 5) is 39.2. The summed E-state index contributed by atoms with van der Waals surface area (Å²) in [5.41, 5.74) is 0.646. The van der Waals surface area contributed by atoms with Crippen LogP contribution < -0.4 is 21.0 Å². The summed E-state index contributed by atoms with van der Waals surface area (Å²) < 4.78 is 39.7. The Morgan fingerprint density at radius 2 is 1.86 bits per heavy atom. The number of carboxylic acid groups (broad SMARTS) is 1. The fraction of sp³-hybridized carbons (Fsp3) is 0.217. The number of nitrogens with one attached hydrogen (secondary N) is 2. The number of fused-ring (bicyclic) bond motifs is 1. The largest absolute Gasteiger partial charge is 0.548 e. The van der Waals surface area contributed by atoms with Crippen LogP contribution in [0.15, 0.2) is 47.4 Å². The first-order chi connectivity index (χ1) is 16.6. The van der Waals surface area contributed by atoms with E-state index in [1.165, 1.54) is 28.5 Å². The molecule has 1 aliphatic rings. The number of thioether (sulfide) groups is 1. The summed E-state index contributed by atoms with van der Waals surface area (Å²) in [6.07, 6.45) is -2.83. The van der Waals surface area contributed by atoms with Crippen LogP contribution in [0.1, 0.15) is 32.7 Å². The van der Waals surface area contributed by atoms with E-state index in [4.69, 9.17) is 0 Å². The van der Waals surface area contributed by atoms with Crippen molar-refractivity contribution in [2.75, 3.05) is 6.54 Å². The van der Waals surface area contributed by atoms with Crippen LogP contribution in [0.3, 0.4) is 0 Å². The van der Waals surface area contributed by atoms with Crippen molar-refractivity contribution in [1.29, 1.82) is 0 Å². The number of hydrogen-bond acceptors (Lipinski definition) is 6. The number of nitrogens with zero attached hydrogens (tertiary/aromatic N) is 1. The van der Waals surface area contributed by atoms with E-state index in [-0.39, 0.29) is 6.54 Å². The average Bonchev–Trinajstić information content (AvgIpc) is 3.31. The van der Waals surface area contributed by atoms with E-state index in [1.807, 2.05) is 5.32 Å². The molecule has 0 radical (unpaired) electrons. The molecule has 35 heavy (non-hydrogen) atoms. The van der Waals surface area contributed by atoms with E-state index < -0.39 is 47.0 Å². The molecule has 0 atom stereocenters. The number of H-pyrrole nitrogens is 1. The number of benzene rings is 1. The summed E-state index contributed by atoms with van der Waals surface area (Å²) in [6.45, 7) is -0.767. The Balaban J connectivity index is 1.63. The standard InChI is InChI=1S/C23H18F3N3O5S/c24-23(25,26)14-4-2-13(3-5-14)16-6-1-12(7-27-16)9-29-17-11-35-10-15(17)20(32)19(22(29)34)21(33)28-8-18(30)31/h1-7,32H,8-11H2,(H,28,33)(H,30,31). The molecular weight excluding hydrogens is 487 g/mol. The van der Waals surface area contributed by atoms with E-state index in [2.05, 4.69) is 4.98 Å². The predicted octanol–water partition coefficient (Wildman–Crippen LogP) is 1.33. The maximum absolute atomic E-state index is 13.1. The number of rotatable bonds is 6. The van der Waals surface area contributed by atoms with E-state index in [0.717, 1.165) is 12.1 Å². The van der Waals surface area contributed by atoms with Gasteiger partial charge in [0, 0.05) is 40.0 Å². The van der Waals surface area contributed by atoms with Gasteiger partial charge in [0.05, 0.1) is 24.6 Å². The van der Waals surface area contributed by atoms with E-state index in [1.54, 1.807) is 18.3 Å². The summed E-state index contributed by atoms with van der Waals surface area (Å²) >= 11 is 1.45. The number of aromatic amines is 1. The Labute approximate surface area is 200 Å². The number of pyridine rings is 2. The highest BCUT2D eigenvalue weighted by atomic mass is 32.2. The molecule has 1 amide bonds. The van der Waals surface area contributed by atoms with Gasteiger partial charge in [-0.2, -0.15) is 24.9 Å². The second-order valence-corrected chi connectivity index (χ2v) is 8.76. The third-order valence-electron chi connectivity index (χ3n) is 5.50. The Kier molecular flexibility index (Phi) is 6.57. The van der Waals surface area contributed by atoms with Crippen molar-refractivity contribution < 1.29 is 38.0 Å². The lowest BCUT2D eigenvalue weighted by Crippen LogP contribution is -2.41. The molecule has 12 heteroatoms. The summed E-state index contributed by atoms with van der Waals surface area (Å²) in [7, 11) is 0. The van der Waals surface area contributed by atoms with Crippen molar-refractivity contribution in [2.24, 2.45) is 0 Å². The number of aromatic hydroxyl groups is 1. The van der Waals surface area contributed by atoms with E-state index >= 15 is 0 Å². The lowest BCUT2D eigenvalue weighted by molar-refractivity contribution is -0.365. The lowest BCUT2D eigenvalue weighted by Gasteiger charge is -2.16. The highest BCUT2D eigenvalue weighted by molar-refractivity contribution is 7.98. The van der Waals surface area contributed by atoms with Crippen LogP contribution in [0.2, 0.25) is 0 Å². The maximum atomic E-state index is 13.1. The van der Waals surface area contributed by atoms with Gasteiger partial charge in [0.2, 0.25) is 5.69 Å². The number of alkyl halides is 3. The van der Waals surface area contributed by atoms with Crippen LogP contribution in [0.4, 0.5) is 13.2 Å². The molecular formula is C23H18F3N3O5S. The van der Waals surface area contributed by atoms with Crippen molar-refractivity contribution in [2.45, 2.75) is 24.2 Å². The highest BCUT2D eigenvalue weighted by Gasteiger charge is 2.30. The van der Waals surface area contributed by atoms with Gasteiger partial charge >= 0.3 is 6.18 Å². The first kappa shape index (κ1) is 24.3. The van der Waals surface area contributed by atoms with Crippen LogP contribution in [0, 0.1) is 0 Å². The van der Waals surface area contributed by atoms with Crippen LogP contribution in [0.5, 0.6) is 5.75 Å². The number of amides is 1. The molecule has 0 bridgehead atoms. The second kappa shape index (κ2) is 9.45. The quantitative estimate of drug-likeness (QED) is 0.521. The van der Waals surface area contributed by atoms with Crippen molar-refractivity contribution in [3.8, 4) is 17.0 Å². The zero-order valence-electron chi connectivity index (χ0n) is 17.9. The van der Waals surface area contributed by atoms with Crippen molar-refractivity contribution in [1.82, 2.24) is 9.88 Å². The first-order valence-electron chi connectivity index (χ1n) is 10.3. The molecule has 3 heterocycles. The maximum Gasteiger partial charge on any atom is 0.416 e. The van der Waals surface area contributed by atoms with Crippen LogP contribution in [-0.4, -0.2) is 28.1 Å². The van der Waals surface area contributed by atoms with Crippen molar-refractivity contribution >= 4 is 23.6 Å². The first-order valence-corrected chi connectivity index (χ1v) is 11.4. The van der Waals surface area contributed by atoms with Gasteiger partial charge in [0.15, 0.2) is 6.20 Å². The summed E-state index contributed by atoms with van der Waals surface area (Å²) in [5.74, 6) is -2.22. The molecule has 1 aliphatic heterocycles. The smallest absolute Gasteiger partial charge is 0.416 e. The fourth-order valence-corrected chi connectivity index (χ4v) is 4.88. The van der Waals surface area contributed by atoms with Crippen LogP contribution >= 0.6 is 11.8 Å². The van der Waals surface area contributed by atoms with Gasteiger partial charge in [-0.05, 0) is 30.3 Å². The topological polar surface area (TPSA) is 126 Å². The van der Waals surface area contributed by atoms with Crippen LogP contribution in [0.25, 0.3) is 11.3 Å². The zero-order chi connectivity index (χ0) is 25.3. The molecule has 0 spiro atoms. The van der Waals surface area contributed by atoms with Crippen molar-refractivity contribution in [3.63, 3.8) is 0 Å². The second-order valence-electron chi connectivity index (χ2n) is 7.77. The number of aromatic nitrogens is 2.